The van der Waals surface area contributed by atoms with Gasteiger partial charge in [-0.15, -0.1) is 0 Å². The number of nitrogens with one attached hydrogen (secondary N) is 1. The number of fused-ring (bicyclic) bond motifs is 5. The molecule has 4 aromatic rings. The van der Waals surface area contributed by atoms with Crippen molar-refractivity contribution in [2.24, 2.45) is 0 Å². The van der Waals surface area contributed by atoms with Crippen molar-refractivity contribution in [1.82, 2.24) is 30.2 Å². The Morgan fingerprint density at radius 3 is 2.73 bits per heavy atom. The summed E-state index contributed by atoms with van der Waals surface area (Å²) in [4.78, 5) is 24.2. The molecule has 2 aromatic heterocycles. The van der Waals surface area contributed by atoms with Crippen LogP contribution in [-0.4, -0.2) is 81.4 Å². The molecule has 2 aromatic carbocycles. The lowest BCUT2D eigenvalue weighted by molar-refractivity contribution is 0.107. The van der Waals surface area contributed by atoms with Crippen LogP contribution in [0.2, 0.25) is 0 Å². The van der Waals surface area contributed by atoms with Gasteiger partial charge in [0, 0.05) is 49.9 Å². The molecule has 206 valence electrons. The summed E-state index contributed by atoms with van der Waals surface area (Å²) in [5.41, 5.74) is 2.49. The molecule has 4 saturated heterocycles. The Kier molecular flexibility index (Phi) is 5.67. The standard InChI is InChI=1S/C31H34FN7O/c1-19-5-2-6-20-7-3-8-24(26(19)20)27-33-14-25-28(35-27)36-30(37-29(25)38-16-22-9-10-23(17-38)34-22)40-18-31-11-4-12-39(31)15-21(32)13-31/h2-3,5-8,14,21-23,34H,4,9-13,15-18H2,1H3/t21-,22?,23?,31?/m1/s1. The van der Waals surface area contributed by atoms with Crippen molar-refractivity contribution in [3.05, 3.63) is 48.2 Å². The third-order valence-electron chi connectivity index (χ3n) is 9.51. The molecule has 40 heavy (non-hydrogen) atoms. The molecule has 4 aliphatic rings. The first kappa shape index (κ1) is 24.4. The highest BCUT2D eigenvalue weighted by molar-refractivity contribution is 5.98. The van der Waals surface area contributed by atoms with Crippen LogP contribution in [0.1, 0.15) is 37.7 Å². The molecule has 9 heteroatoms. The van der Waals surface area contributed by atoms with Crippen LogP contribution < -0.4 is 15.0 Å². The minimum absolute atomic E-state index is 0.261. The lowest BCUT2D eigenvalue weighted by Crippen LogP contribution is -2.51. The molecule has 4 fully saturated rings. The Hall–Kier alpha value is -3.43. The molecular formula is C31H34FN7O. The molecule has 0 aliphatic carbocycles. The van der Waals surface area contributed by atoms with E-state index in [0.29, 0.717) is 49.1 Å². The number of alkyl halides is 1. The van der Waals surface area contributed by atoms with E-state index in [4.69, 9.17) is 24.7 Å². The number of ether oxygens (including phenoxy) is 1. The smallest absolute Gasteiger partial charge is 0.320 e. The number of benzene rings is 2. The number of aryl methyl sites for hydroxylation is 1. The maximum Gasteiger partial charge on any atom is 0.320 e. The molecule has 2 bridgehead atoms. The van der Waals surface area contributed by atoms with E-state index < -0.39 is 6.17 Å². The highest BCUT2D eigenvalue weighted by Gasteiger charge is 2.49. The third-order valence-corrected chi connectivity index (χ3v) is 9.51. The summed E-state index contributed by atoms with van der Waals surface area (Å²) in [6.07, 6.45) is 5.97. The zero-order valence-corrected chi connectivity index (χ0v) is 22.8. The quantitative estimate of drug-likeness (QED) is 0.399. The van der Waals surface area contributed by atoms with Gasteiger partial charge in [-0.25, -0.2) is 14.4 Å². The highest BCUT2D eigenvalue weighted by atomic mass is 19.1. The molecule has 4 atom stereocenters. The van der Waals surface area contributed by atoms with Crippen molar-refractivity contribution in [2.45, 2.75) is 62.8 Å². The number of hydrogen-bond acceptors (Lipinski definition) is 8. The number of halogens is 1. The maximum absolute atomic E-state index is 14.4. The second-order valence-electron chi connectivity index (χ2n) is 12.1. The maximum atomic E-state index is 14.4. The Morgan fingerprint density at radius 1 is 1.05 bits per heavy atom. The van der Waals surface area contributed by atoms with E-state index in [1.54, 1.807) is 0 Å². The summed E-state index contributed by atoms with van der Waals surface area (Å²) in [5.74, 6) is 1.47. The third kappa shape index (κ3) is 4.01. The second kappa shape index (κ2) is 9.31. The number of piperazine rings is 1. The zero-order chi connectivity index (χ0) is 26.8. The highest BCUT2D eigenvalue weighted by Crippen LogP contribution is 2.40. The van der Waals surface area contributed by atoms with Gasteiger partial charge in [0.05, 0.1) is 10.9 Å². The largest absolute Gasteiger partial charge is 0.461 e. The van der Waals surface area contributed by atoms with Crippen LogP contribution in [0.25, 0.3) is 33.2 Å². The molecule has 0 spiro atoms. The molecule has 0 amide bonds. The van der Waals surface area contributed by atoms with E-state index in [9.17, 15) is 4.39 Å². The molecule has 8 nitrogen and oxygen atoms in total. The van der Waals surface area contributed by atoms with E-state index in [-0.39, 0.29) is 5.54 Å². The summed E-state index contributed by atoms with van der Waals surface area (Å²) < 4.78 is 20.8. The monoisotopic (exact) mass is 539 g/mol. The minimum atomic E-state index is -0.798. The Morgan fingerprint density at radius 2 is 1.88 bits per heavy atom. The fourth-order valence-corrected chi connectivity index (χ4v) is 7.65. The van der Waals surface area contributed by atoms with Crippen LogP contribution in [0.15, 0.2) is 42.6 Å². The van der Waals surface area contributed by atoms with Gasteiger partial charge in [-0.1, -0.05) is 36.4 Å². The van der Waals surface area contributed by atoms with Gasteiger partial charge in [0.2, 0.25) is 0 Å². The lowest BCUT2D eigenvalue weighted by Gasteiger charge is -2.34. The average Bonchev–Trinajstić information content (AvgIpc) is 3.61. The van der Waals surface area contributed by atoms with Crippen molar-refractivity contribution in [2.75, 3.05) is 37.7 Å². The first-order chi connectivity index (χ1) is 19.5. The van der Waals surface area contributed by atoms with Crippen LogP contribution in [0.3, 0.4) is 0 Å². The summed E-state index contributed by atoms with van der Waals surface area (Å²) >= 11 is 0. The van der Waals surface area contributed by atoms with Crippen LogP contribution in [0, 0.1) is 6.92 Å². The van der Waals surface area contributed by atoms with E-state index in [0.717, 1.165) is 60.0 Å². The van der Waals surface area contributed by atoms with Crippen LogP contribution in [-0.2, 0) is 0 Å². The lowest BCUT2D eigenvalue weighted by atomic mass is 9.95. The van der Waals surface area contributed by atoms with Gasteiger partial charge in [-0.2, -0.15) is 9.97 Å². The van der Waals surface area contributed by atoms with Crippen molar-refractivity contribution >= 4 is 27.6 Å². The predicted octanol–water partition coefficient (Wildman–Crippen LogP) is 4.44. The topological polar surface area (TPSA) is 79.3 Å². The van der Waals surface area contributed by atoms with Gasteiger partial charge in [0.1, 0.15) is 18.6 Å². The van der Waals surface area contributed by atoms with Gasteiger partial charge in [-0.3, -0.25) is 4.90 Å². The van der Waals surface area contributed by atoms with Crippen LogP contribution in [0.5, 0.6) is 6.01 Å². The Bertz CT molecular complexity index is 1600. The van der Waals surface area contributed by atoms with Gasteiger partial charge >= 0.3 is 6.01 Å². The predicted molar refractivity (Wildman–Crippen MR) is 154 cm³/mol. The number of anilines is 1. The van der Waals surface area contributed by atoms with E-state index in [1.807, 2.05) is 12.3 Å². The van der Waals surface area contributed by atoms with Gasteiger partial charge < -0.3 is 15.0 Å². The van der Waals surface area contributed by atoms with Crippen LogP contribution in [0.4, 0.5) is 10.2 Å². The molecule has 3 unspecified atom stereocenters. The fraction of sp³-hybridized carbons (Fsp3) is 0.484. The molecule has 6 heterocycles. The van der Waals surface area contributed by atoms with Crippen molar-refractivity contribution in [3.8, 4) is 17.4 Å². The zero-order valence-electron chi connectivity index (χ0n) is 22.8. The number of aromatic nitrogens is 4. The SMILES string of the molecule is Cc1cccc2cccc(-c3ncc4c(N5CC6CCC(C5)N6)nc(OCC56CCCN5C[C@H](F)C6)nc4n3)c12. The van der Waals surface area contributed by atoms with Gasteiger partial charge in [0.25, 0.3) is 0 Å². The van der Waals surface area contributed by atoms with Crippen molar-refractivity contribution in [1.29, 1.82) is 0 Å². The second-order valence-corrected chi connectivity index (χ2v) is 12.1. The van der Waals surface area contributed by atoms with E-state index >= 15 is 0 Å². The first-order valence-electron chi connectivity index (χ1n) is 14.6. The molecule has 4 aliphatic heterocycles. The molecule has 0 radical (unpaired) electrons. The van der Waals surface area contributed by atoms with Crippen molar-refractivity contribution in [3.63, 3.8) is 0 Å². The molecular weight excluding hydrogens is 505 g/mol. The Balaban J connectivity index is 1.21. The summed E-state index contributed by atoms with van der Waals surface area (Å²) in [5, 5.41) is 6.85. The summed E-state index contributed by atoms with van der Waals surface area (Å²) in [7, 11) is 0. The van der Waals surface area contributed by atoms with E-state index in [1.165, 1.54) is 18.4 Å². The van der Waals surface area contributed by atoms with Gasteiger partial charge in [-0.05, 0) is 55.5 Å². The molecule has 0 saturated carbocycles. The molecule has 1 N–H and O–H groups in total. The summed E-state index contributed by atoms with van der Waals surface area (Å²) in [6, 6.07) is 13.8. The first-order valence-corrected chi connectivity index (χ1v) is 14.6. The van der Waals surface area contributed by atoms with Crippen LogP contribution >= 0.6 is 0 Å². The number of hydrogen-bond donors (Lipinski definition) is 1. The van der Waals surface area contributed by atoms with E-state index in [2.05, 4.69) is 52.4 Å². The average molecular weight is 540 g/mol. The fourth-order valence-electron chi connectivity index (χ4n) is 7.65. The molecule has 8 rings (SSSR count). The number of nitrogens with zero attached hydrogens (tertiary/aromatic N) is 6. The number of rotatable bonds is 5. The Labute approximate surface area is 233 Å². The normalized spacial score (nSPS) is 28.1. The van der Waals surface area contributed by atoms with Crippen molar-refractivity contribution < 1.29 is 9.13 Å². The minimum Gasteiger partial charge on any atom is -0.461 e. The van der Waals surface area contributed by atoms with Gasteiger partial charge in [0.15, 0.2) is 11.5 Å². The summed E-state index contributed by atoms with van der Waals surface area (Å²) in [6.45, 7) is 5.71.